The molecule has 0 saturated carbocycles. The molecular formula is C25H25FN6O. The van der Waals surface area contributed by atoms with E-state index in [1.54, 1.807) is 4.90 Å². The largest absolute Gasteiger partial charge is 0.352 e. The van der Waals surface area contributed by atoms with Crippen LogP contribution >= 0.6 is 0 Å². The molecule has 4 aromatic rings. The maximum Gasteiger partial charge on any atom is 0.253 e. The van der Waals surface area contributed by atoms with Crippen LogP contribution in [0, 0.1) is 26.6 Å². The minimum absolute atomic E-state index is 0.0814. The van der Waals surface area contributed by atoms with E-state index in [0.29, 0.717) is 37.6 Å². The van der Waals surface area contributed by atoms with Gasteiger partial charge in [-0.3, -0.25) is 4.79 Å². The zero-order valence-electron chi connectivity index (χ0n) is 18.9. The Morgan fingerprint density at radius 2 is 1.55 bits per heavy atom. The number of hydrogen-bond donors (Lipinski definition) is 0. The number of aromatic nitrogens is 4. The fourth-order valence-electron chi connectivity index (χ4n) is 4.26. The third-order valence-corrected chi connectivity index (χ3v) is 6.03. The summed E-state index contributed by atoms with van der Waals surface area (Å²) in [6.07, 6.45) is 0. The standard InChI is InChI=1S/C25H25FN6O/c1-16-4-10-21(11-5-16)32-24-22(17(2)29-32)23(27-18(3)28-24)30-12-14-31(15-13-30)25(33)19-6-8-20(26)9-7-19/h4-11H,12-15H2,1-3H3. The fraction of sp³-hybridized carbons (Fsp3) is 0.280. The Labute approximate surface area is 191 Å². The maximum atomic E-state index is 13.2. The van der Waals surface area contributed by atoms with Crippen LogP contribution in [-0.4, -0.2) is 56.7 Å². The molecule has 33 heavy (non-hydrogen) atoms. The molecule has 1 aliphatic rings. The highest BCUT2D eigenvalue weighted by molar-refractivity contribution is 5.95. The van der Waals surface area contributed by atoms with Crippen molar-refractivity contribution in [1.82, 2.24) is 24.6 Å². The van der Waals surface area contributed by atoms with E-state index in [0.717, 1.165) is 28.2 Å². The molecule has 2 aromatic carbocycles. The summed E-state index contributed by atoms with van der Waals surface area (Å²) in [6.45, 7) is 8.34. The van der Waals surface area contributed by atoms with E-state index in [4.69, 9.17) is 15.1 Å². The van der Waals surface area contributed by atoms with Crippen molar-refractivity contribution in [2.24, 2.45) is 0 Å². The molecule has 3 heterocycles. The highest BCUT2D eigenvalue weighted by Crippen LogP contribution is 2.29. The highest BCUT2D eigenvalue weighted by Gasteiger charge is 2.26. The van der Waals surface area contributed by atoms with Gasteiger partial charge in [-0.2, -0.15) is 5.10 Å². The van der Waals surface area contributed by atoms with Gasteiger partial charge in [-0.25, -0.2) is 19.0 Å². The molecule has 1 fully saturated rings. The lowest BCUT2D eigenvalue weighted by atomic mass is 10.1. The number of nitrogens with zero attached hydrogens (tertiary/aromatic N) is 6. The third-order valence-electron chi connectivity index (χ3n) is 6.03. The van der Waals surface area contributed by atoms with E-state index >= 15 is 0 Å². The zero-order valence-corrected chi connectivity index (χ0v) is 18.9. The van der Waals surface area contributed by atoms with Gasteiger partial charge in [0.25, 0.3) is 5.91 Å². The van der Waals surface area contributed by atoms with Crippen molar-refractivity contribution >= 4 is 22.8 Å². The van der Waals surface area contributed by atoms with Crippen LogP contribution in [0.2, 0.25) is 0 Å². The van der Waals surface area contributed by atoms with Crippen molar-refractivity contribution in [3.63, 3.8) is 0 Å². The summed E-state index contributed by atoms with van der Waals surface area (Å²) in [5.41, 5.74) is 4.29. The van der Waals surface area contributed by atoms with Crippen LogP contribution in [0.5, 0.6) is 0 Å². The molecule has 0 N–H and O–H groups in total. The molecule has 8 heteroatoms. The third kappa shape index (κ3) is 3.92. The van der Waals surface area contributed by atoms with Crippen molar-refractivity contribution in [2.45, 2.75) is 20.8 Å². The van der Waals surface area contributed by atoms with E-state index in [9.17, 15) is 9.18 Å². The summed E-state index contributed by atoms with van der Waals surface area (Å²) in [5, 5.41) is 5.70. The molecular weight excluding hydrogens is 419 g/mol. The number of fused-ring (bicyclic) bond motifs is 1. The second kappa shape index (κ2) is 8.27. The van der Waals surface area contributed by atoms with Gasteiger partial charge in [0, 0.05) is 31.7 Å². The van der Waals surface area contributed by atoms with Gasteiger partial charge in [-0.15, -0.1) is 0 Å². The molecule has 2 aromatic heterocycles. The van der Waals surface area contributed by atoms with Crippen molar-refractivity contribution in [3.05, 3.63) is 77.0 Å². The lowest BCUT2D eigenvalue weighted by molar-refractivity contribution is 0.0746. The summed E-state index contributed by atoms with van der Waals surface area (Å²) in [6, 6.07) is 13.9. The van der Waals surface area contributed by atoms with Gasteiger partial charge in [-0.1, -0.05) is 17.7 Å². The second-order valence-electron chi connectivity index (χ2n) is 8.41. The first-order chi connectivity index (χ1) is 15.9. The van der Waals surface area contributed by atoms with E-state index in [2.05, 4.69) is 24.0 Å². The summed E-state index contributed by atoms with van der Waals surface area (Å²) >= 11 is 0. The van der Waals surface area contributed by atoms with E-state index < -0.39 is 0 Å². The number of anilines is 1. The van der Waals surface area contributed by atoms with Gasteiger partial charge < -0.3 is 9.80 Å². The summed E-state index contributed by atoms with van der Waals surface area (Å²) in [4.78, 5) is 26.3. The second-order valence-corrected chi connectivity index (χ2v) is 8.41. The number of piperazine rings is 1. The Bertz CT molecular complexity index is 1320. The lowest BCUT2D eigenvalue weighted by Crippen LogP contribution is -2.49. The van der Waals surface area contributed by atoms with Crippen LogP contribution in [0.1, 0.15) is 27.4 Å². The number of hydrogen-bond acceptors (Lipinski definition) is 5. The monoisotopic (exact) mass is 444 g/mol. The molecule has 0 bridgehead atoms. The molecule has 0 unspecified atom stereocenters. The number of amides is 1. The highest BCUT2D eigenvalue weighted by atomic mass is 19.1. The van der Waals surface area contributed by atoms with Gasteiger partial charge >= 0.3 is 0 Å². The molecule has 5 rings (SSSR count). The first-order valence-corrected chi connectivity index (χ1v) is 11.0. The molecule has 1 saturated heterocycles. The van der Waals surface area contributed by atoms with Crippen LogP contribution in [0.25, 0.3) is 16.7 Å². The summed E-state index contributed by atoms with van der Waals surface area (Å²) in [5.74, 6) is 1.10. The Balaban J connectivity index is 1.43. The van der Waals surface area contributed by atoms with Crippen LogP contribution in [0.3, 0.4) is 0 Å². The van der Waals surface area contributed by atoms with Crippen LogP contribution < -0.4 is 4.90 Å². The average molecular weight is 445 g/mol. The first kappa shape index (κ1) is 21.1. The van der Waals surface area contributed by atoms with E-state index in [-0.39, 0.29) is 11.7 Å². The van der Waals surface area contributed by atoms with E-state index in [1.807, 2.05) is 30.7 Å². The quantitative estimate of drug-likeness (QED) is 0.480. The minimum Gasteiger partial charge on any atom is -0.352 e. The van der Waals surface area contributed by atoms with E-state index in [1.165, 1.54) is 29.8 Å². The van der Waals surface area contributed by atoms with Crippen molar-refractivity contribution in [2.75, 3.05) is 31.1 Å². The van der Waals surface area contributed by atoms with Crippen LogP contribution in [0.4, 0.5) is 10.2 Å². The summed E-state index contributed by atoms with van der Waals surface area (Å²) in [7, 11) is 0. The number of rotatable bonds is 3. The maximum absolute atomic E-state index is 13.2. The molecule has 168 valence electrons. The Morgan fingerprint density at radius 1 is 0.879 bits per heavy atom. The van der Waals surface area contributed by atoms with Crippen molar-refractivity contribution in [3.8, 4) is 5.69 Å². The first-order valence-electron chi connectivity index (χ1n) is 11.0. The number of carbonyl (C=O) groups excluding carboxylic acids is 1. The van der Waals surface area contributed by atoms with Gasteiger partial charge in [-0.05, 0) is 57.2 Å². The van der Waals surface area contributed by atoms with Crippen LogP contribution in [-0.2, 0) is 0 Å². The number of benzene rings is 2. The Morgan fingerprint density at radius 3 is 2.21 bits per heavy atom. The predicted molar refractivity (Wildman–Crippen MR) is 125 cm³/mol. The molecule has 0 spiro atoms. The number of aryl methyl sites for hydroxylation is 3. The van der Waals surface area contributed by atoms with Crippen LogP contribution in [0.15, 0.2) is 48.5 Å². The topological polar surface area (TPSA) is 67.2 Å². The molecule has 0 radical (unpaired) electrons. The molecule has 7 nitrogen and oxygen atoms in total. The van der Waals surface area contributed by atoms with Gasteiger partial charge in [0.1, 0.15) is 17.5 Å². The Kier molecular flexibility index (Phi) is 5.28. The smallest absolute Gasteiger partial charge is 0.253 e. The Hall–Kier alpha value is -3.81. The predicted octanol–water partition coefficient (Wildman–Crippen LogP) is 3.84. The van der Waals surface area contributed by atoms with Crippen molar-refractivity contribution in [1.29, 1.82) is 0 Å². The molecule has 1 aliphatic heterocycles. The average Bonchev–Trinajstić information content (AvgIpc) is 3.15. The molecule has 1 amide bonds. The lowest BCUT2D eigenvalue weighted by Gasteiger charge is -2.35. The SMILES string of the molecule is Cc1ccc(-n2nc(C)c3c(N4CCN(C(=O)c5ccc(F)cc5)CC4)nc(C)nc32)cc1. The van der Waals surface area contributed by atoms with Gasteiger partial charge in [0.05, 0.1) is 16.8 Å². The summed E-state index contributed by atoms with van der Waals surface area (Å²) < 4.78 is 15.1. The fourth-order valence-corrected chi connectivity index (χ4v) is 4.26. The zero-order chi connectivity index (χ0) is 23.1. The number of halogens is 1. The molecule has 0 atom stereocenters. The minimum atomic E-state index is -0.346. The normalized spacial score (nSPS) is 14.2. The van der Waals surface area contributed by atoms with Gasteiger partial charge in [0.2, 0.25) is 0 Å². The van der Waals surface area contributed by atoms with Crippen molar-refractivity contribution < 1.29 is 9.18 Å². The molecule has 0 aliphatic carbocycles. The number of carbonyl (C=O) groups is 1. The van der Waals surface area contributed by atoms with Gasteiger partial charge in [0.15, 0.2) is 5.65 Å².